The Morgan fingerprint density at radius 3 is 2.81 bits per heavy atom. The van der Waals surface area contributed by atoms with Crippen LogP contribution in [0.15, 0.2) is 6.07 Å². The van der Waals surface area contributed by atoms with Crippen LogP contribution in [0.4, 0.5) is 0 Å². The first kappa shape index (κ1) is 10.2. The summed E-state index contributed by atoms with van der Waals surface area (Å²) in [5, 5.41) is 0. The minimum atomic E-state index is 0.172. The van der Waals surface area contributed by atoms with Crippen molar-refractivity contribution in [3.8, 4) is 0 Å². The molecule has 3 rings (SSSR count). The molecule has 86 valence electrons. The van der Waals surface area contributed by atoms with Gasteiger partial charge in [0.25, 0.3) is 0 Å². The van der Waals surface area contributed by atoms with Crippen molar-refractivity contribution in [3.63, 3.8) is 0 Å². The first-order chi connectivity index (χ1) is 7.86. The third kappa shape index (κ3) is 1.95. The van der Waals surface area contributed by atoms with E-state index in [1.54, 1.807) is 0 Å². The lowest BCUT2D eigenvalue weighted by atomic mass is 10.1. The first-order valence-electron chi connectivity index (χ1n) is 6.06. The fourth-order valence-electron chi connectivity index (χ4n) is 2.14. The van der Waals surface area contributed by atoms with Crippen molar-refractivity contribution in [2.75, 3.05) is 6.61 Å². The smallest absolute Gasteiger partial charge is 0.132 e. The van der Waals surface area contributed by atoms with E-state index in [9.17, 15) is 0 Å². The molecule has 1 aromatic heterocycles. The van der Waals surface area contributed by atoms with Gasteiger partial charge in [-0.15, -0.1) is 0 Å². The summed E-state index contributed by atoms with van der Waals surface area (Å²) in [6.45, 7) is 1.34. The van der Waals surface area contributed by atoms with E-state index in [1.807, 2.05) is 6.07 Å². The molecule has 0 radical (unpaired) electrons. The molecule has 1 saturated carbocycles. The maximum absolute atomic E-state index is 5.68. The normalized spacial score (nSPS) is 24.9. The van der Waals surface area contributed by atoms with Crippen LogP contribution in [0.25, 0.3) is 0 Å². The van der Waals surface area contributed by atoms with Gasteiger partial charge in [0, 0.05) is 19.1 Å². The van der Waals surface area contributed by atoms with Gasteiger partial charge >= 0.3 is 0 Å². The number of nitrogens with two attached hydrogens (primary N) is 1. The van der Waals surface area contributed by atoms with Gasteiger partial charge in [-0.05, 0) is 31.7 Å². The summed E-state index contributed by atoms with van der Waals surface area (Å²) in [5.74, 6) is 1.56. The van der Waals surface area contributed by atoms with E-state index in [1.165, 1.54) is 12.8 Å². The predicted molar refractivity (Wildman–Crippen MR) is 59.8 cm³/mol. The largest absolute Gasteiger partial charge is 0.372 e. The minimum absolute atomic E-state index is 0.172. The van der Waals surface area contributed by atoms with Crippen LogP contribution in [0.3, 0.4) is 0 Å². The minimum Gasteiger partial charge on any atom is -0.372 e. The summed E-state index contributed by atoms with van der Waals surface area (Å²) in [6, 6.07) is 2.00. The Morgan fingerprint density at radius 1 is 1.31 bits per heavy atom. The molecular formula is C12H17N3O. The zero-order valence-electron chi connectivity index (χ0n) is 9.35. The summed E-state index contributed by atoms with van der Waals surface area (Å²) >= 11 is 0. The van der Waals surface area contributed by atoms with Crippen molar-refractivity contribution < 1.29 is 4.74 Å². The van der Waals surface area contributed by atoms with Gasteiger partial charge in [0.15, 0.2) is 0 Å². The van der Waals surface area contributed by atoms with Crippen LogP contribution in [0.2, 0.25) is 0 Å². The average Bonchev–Trinajstić information content (AvgIpc) is 3.04. The number of hydrogen-bond acceptors (Lipinski definition) is 4. The topological polar surface area (TPSA) is 61.0 Å². The van der Waals surface area contributed by atoms with Crippen LogP contribution in [-0.2, 0) is 11.3 Å². The highest BCUT2D eigenvalue weighted by Crippen LogP contribution is 2.39. The van der Waals surface area contributed by atoms with Crippen molar-refractivity contribution >= 4 is 0 Å². The number of ether oxygens (including phenoxy) is 1. The molecule has 2 heterocycles. The van der Waals surface area contributed by atoms with Crippen molar-refractivity contribution in [1.29, 1.82) is 0 Å². The molecule has 2 aliphatic rings. The summed E-state index contributed by atoms with van der Waals surface area (Å²) < 4.78 is 5.66. The molecule has 2 N–H and O–H groups in total. The predicted octanol–water partition coefficient (Wildman–Crippen LogP) is 1.66. The standard InChI is InChI=1S/C12H17N3O/c13-7-9-6-10(11-2-1-5-16-11)15-12(14-9)8-3-4-8/h6,8,11H,1-5,7,13H2. The van der Waals surface area contributed by atoms with E-state index in [2.05, 4.69) is 9.97 Å². The highest BCUT2D eigenvalue weighted by Gasteiger charge is 2.29. The third-order valence-corrected chi connectivity index (χ3v) is 3.23. The number of hydrogen-bond donors (Lipinski definition) is 1. The molecule has 4 nitrogen and oxygen atoms in total. The van der Waals surface area contributed by atoms with Gasteiger partial charge in [0.2, 0.25) is 0 Å². The number of aromatic nitrogens is 2. The maximum atomic E-state index is 5.68. The van der Waals surface area contributed by atoms with E-state index in [-0.39, 0.29) is 6.10 Å². The van der Waals surface area contributed by atoms with Gasteiger partial charge in [-0.25, -0.2) is 9.97 Å². The third-order valence-electron chi connectivity index (χ3n) is 3.23. The Balaban J connectivity index is 1.92. The molecule has 1 saturated heterocycles. The Hall–Kier alpha value is -1.00. The van der Waals surface area contributed by atoms with E-state index < -0.39 is 0 Å². The SMILES string of the molecule is NCc1cc(C2CCCO2)nc(C2CC2)n1. The second kappa shape index (κ2) is 4.11. The van der Waals surface area contributed by atoms with Crippen LogP contribution < -0.4 is 5.73 Å². The van der Waals surface area contributed by atoms with Gasteiger partial charge in [0.05, 0.1) is 17.5 Å². The molecule has 0 spiro atoms. The molecule has 0 aromatic carbocycles. The van der Waals surface area contributed by atoms with E-state index >= 15 is 0 Å². The molecule has 4 heteroatoms. The monoisotopic (exact) mass is 219 g/mol. The van der Waals surface area contributed by atoms with Gasteiger partial charge < -0.3 is 10.5 Å². The first-order valence-corrected chi connectivity index (χ1v) is 6.06. The molecule has 1 atom stereocenters. The van der Waals surface area contributed by atoms with Gasteiger partial charge in [0.1, 0.15) is 5.82 Å². The maximum Gasteiger partial charge on any atom is 0.132 e. The molecule has 2 fully saturated rings. The van der Waals surface area contributed by atoms with Crippen molar-refractivity contribution in [1.82, 2.24) is 9.97 Å². The zero-order chi connectivity index (χ0) is 11.0. The number of nitrogens with zero attached hydrogens (tertiary/aromatic N) is 2. The molecule has 0 amide bonds. The Kier molecular flexibility index (Phi) is 2.61. The fraction of sp³-hybridized carbons (Fsp3) is 0.667. The molecule has 1 unspecified atom stereocenters. The highest BCUT2D eigenvalue weighted by atomic mass is 16.5. The lowest BCUT2D eigenvalue weighted by molar-refractivity contribution is 0.108. The van der Waals surface area contributed by atoms with Gasteiger partial charge in [-0.3, -0.25) is 0 Å². The van der Waals surface area contributed by atoms with Crippen LogP contribution in [-0.4, -0.2) is 16.6 Å². The Bertz CT molecular complexity index is 384. The molecular weight excluding hydrogens is 202 g/mol. The molecule has 0 bridgehead atoms. The Morgan fingerprint density at radius 2 is 2.19 bits per heavy atom. The second-order valence-electron chi connectivity index (χ2n) is 4.62. The molecule has 16 heavy (non-hydrogen) atoms. The molecule has 1 aliphatic carbocycles. The van der Waals surface area contributed by atoms with Crippen molar-refractivity contribution in [3.05, 3.63) is 23.3 Å². The van der Waals surface area contributed by atoms with Crippen LogP contribution in [0.1, 0.15) is 54.9 Å². The van der Waals surface area contributed by atoms with Crippen LogP contribution >= 0.6 is 0 Å². The summed E-state index contributed by atoms with van der Waals surface area (Å²) in [6.07, 6.45) is 4.82. The number of rotatable bonds is 3. The van der Waals surface area contributed by atoms with E-state index in [0.29, 0.717) is 12.5 Å². The quantitative estimate of drug-likeness (QED) is 0.840. The van der Waals surface area contributed by atoms with Gasteiger partial charge in [-0.1, -0.05) is 0 Å². The zero-order valence-corrected chi connectivity index (χ0v) is 9.35. The second-order valence-corrected chi connectivity index (χ2v) is 4.62. The van der Waals surface area contributed by atoms with Gasteiger partial charge in [-0.2, -0.15) is 0 Å². The summed E-state index contributed by atoms with van der Waals surface area (Å²) in [7, 11) is 0. The lowest BCUT2D eigenvalue weighted by Crippen LogP contribution is -2.09. The lowest BCUT2D eigenvalue weighted by Gasteiger charge is -2.11. The fourth-order valence-corrected chi connectivity index (χ4v) is 2.14. The van der Waals surface area contributed by atoms with E-state index in [0.717, 1.165) is 36.7 Å². The Labute approximate surface area is 95.2 Å². The van der Waals surface area contributed by atoms with Crippen LogP contribution in [0.5, 0.6) is 0 Å². The van der Waals surface area contributed by atoms with Crippen molar-refractivity contribution in [2.24, 2.45) is 5.73 Å². The van der Waals surface area contributed by atoms with Crippen molar-refractivity contribution in [2.45, 2.75) is 44.2 Å². The molecule has 1 aromatic rings. The highest BCUT2D eigenvalue weighted by molar-refractivity contribution is 5.18. The molecule has 1 aliphatic heterocycles. The summed E-state index contributed by atoms with van der Waals surface area (Å²) in [5.41, 5.74) is 7.66. The average molecular weight is 219 g/mol. The van der Waals surface area contributed by atoms with E-state index in [4.69, 9.17) is 10.5 Å². The van der Waals surface area contributed by atoms with Crippen LogP contribution in [0, 0.1) is 0 Å². The summed E-state index contributed by atoms with van der Waals surface area (Å²) in [4.78, 5) is 9.13.